The molecule has 4 heteroatoms. The smallest absolute Gasteiger partial charge is 0.106 e. The third-order valence-corrected chi connectivity index (χ3v) is 1.83. The Bertz CT molecular complexity index is 225. The van der Waals surface area contributed by atoms with E-state index in [0.717, 1.165) is 16.8 Å². The molecule has 0 atom stereocenters. The van der Waals surface area contributed by atoms with Gasteiger partial charge in [-0.1, -0.05) is 0 Å². The van der Waals surface area contributed by atoms with Crippen LogP contribution in [-0.2, 0) is 4.74 Å². The molecular weight excluding hydrogens is 220 g/mol. The first-order chi connectivity index (χ1) is 5.83. The van der Waals surface area contributed by atoms with Crippen molar-refractivity contribution in [3.8, 4) is 0 Å². The van der Waals surface area contributed by atoms with Crippen molar-refractivity contribution in [2.75, 3.05) is 25.6 Å². The molecule has 1 aromatic heterocycles. The van der Waals surface area contributed by atoms with Gasteiger partial charge in [0.1, 0.15) is 4.60 Å². The molecule has 0 radical (unpaired) electrons. The van der Waals surface area contributed by atoms with Crippen LogP contribution in [-0.4, -0.2) is 25.2 Å². The van der Waals surface area contributed by atoms with Crippen molar-refractivity contribution in [3.05, 3.63) is 22.9 Å². The summed E-state index contributed by atoms with van der Waals surface area (Å²) < 4.78 is 5.74. The fourth-order valence-electron chi connectivity index (χ4n) is 0.778. The monoisotopic (exact) mass is 230 g/mol. The topological polar surface area (TPSA) is 34.1 Å². The highest BCUT2D eigenvalue weighted by atomic mass is 79.9. The second-order valence-electron chi connectivity index (χ2n) is 2.29. The number of nitrogens with zero attached hydrogens (tertiary/aromatic N) is 1. The van der Waals surface area contributed by atoms with Gasteiger partial charge in [-0.15, -0.1) is 0 Å². The summed E-state index contributed by atoms with van der Waals surface area (Å²) >= 11 is 3.26. The van der Waals surface area contributed by atoms with E-state index in [1.54, 1.807) is 13.3 Å². The van der Waals surface area contributed by atoms with Gasteiger partial charge < -0.3 is 10.1 Å². The first-order valence-corrected chi connectivity index (χ1v) is 4.46. The molecule has 66 valence electrons. The predicted octanol–water partition coefficient (Wildman–Crippen LogP) is 1.90. The van der Waals surface area contributed by atoms with Crippen LogP contribution < -0.4 is 5.32 Å². The molecule has 0 aliphatic heterocycles. The van der Waals surface area contributed by atoms with Gasteiger partial charge in [0.2, 0.25) is 0 Å². The summed E-state index contributed by atoms with van der Waals surface area (Å²) in [4.78, 5) is 4.07. The highest BCUT2D eigenvalue weighted by Gasteiger charge is 1.91. The Balaban J connectivity index is 2.37. The van der Waals surface area contributed by atoms with Crippen molar-refractivity contribution in [1.29, 1.82) is 0 Å². The number of hydrogen-bond donors (Lipinski definition) is 1. The van der Waals surface area contributed by atoms with Gasteiger partial charge in [0, 0.05) is 13.7 Å². The lowest BCUT2D eigenvalue weighted by atomic mass is 10.4. The van der Waals surface area contributed by atoms with Crippen LogP contribution in [0.1, 0.15) is 0 Å². The van der Waals surface area contributed by atoms with E-state index < -0.39 is 0 Å². The third-order valence-electron chi connectivity index (χ3n) is 1.36. The number of anilines is 1. The number of ether oxygens (including phenoxy) is 1. The number of nitrogens with one attached hydrogen (secondary N) is 1. The fraction of sp³-hybridized carbons (Fsp3) is 0.375. The maximum absolute atomic E-state index is 4.90. The standard InChI is InChI=1S/C8H11BrN2O/c1-12-5-4-10-7-2-3-8(9)11-6-7/h2-3,6,10H,4-5H2,1H3. The van der Waals surface area contributed by atoms with Crippen molar-refractivity contribution in [2.45, 2.75) is 0 Å². The number of methoxy groups -OCH3 is 1. The molecule has 0 spiro atoms. The zero-order valence-electron chi connectivity index (χ0n) is 6.88. The summed E-state index contributed by atoms with van der Waals surface area (Å²) in [6.07, 6.45) is 1.78. The molecule has 0 aliphatic carbocycles. The zero-order valence-corrected chi connectivity index (χ0v) is 8.47. The summed E-state index contributed by atoms with van der Waals surface area (Å²) in [5.74, 6) is 0. The maximum atomic E-state index is 4.90. The van der Waals surface area contributed by atoms with Gasteiger partial charge in [-0.25, -0.2) is 4.98 Å². The molecule has 1 heterocycles. The second-order valence-corrected chi connectivity index (χ2v) is 3.10. The molecule has 0 fully saturated rings. The van der Waals surface area contributed by atoms with Crippen molar-refractivity contribution in [2.24, 2.45) is 0 Å². The highest BCUT2D eigenvalue weighted by molar-refractivity contribution is 9.10. The third kappa shape index (κ3) is 3.19. The lowest BCUT2D eigenvalue weighted by Crippen LogP contribution is -2.07. The average Bonchev–Trinajstić information content (AvgIpc) is 2.09. The first kappa shape index (κ1) is 9.48. The number of hydrogen-bond acceptors (Lipinski definition) is 3. The molecule has 0 saturated carbocycles. The van der Waals surface area contributed by atoms with Crippen LogP contribution in [0.2, 0.25) is 0 Å². The maximum Gasteiger partial charge on any atom is 0.106 e. The van der Waals surface area contributed by atoms with Crippen LogP contribution in [0.3, 0.4) is 0 Å². The molecule has 0 unspecified atom stereocenters. The Morgan fingerprint density at radius 3 is 3.00 bits per heavy atom. The Hall–Kier alpha value is -0.610. The minimum Gasteiger partial charge on any atom is -0.383 e. The molecule has 0 aliphatic rings. The van der Waals surface area contributed by atoms with Crippen LogP contribution >= 0.6 is 15.9 Å². The molecule has 3 nitrogen and oxygen atoms in total. The van der Waals surface area contributed by atoms with Crippen molar-refractivity contribution in [1.82, 2.24) is 4.98 Å². The molecule has 12 heavy (non-hydrogen) atoms. The van der Waals surface area contributed by atoms with Crippen LogP contribution in [0.5, 0.6) is 0 Å². The van der Waals surface area contributed by atoms with Crippen molar-refractivity contribution in [3.63, 3.8) is 0 Å². The quantitative estimate of drug-likeness (QED) is 0.634. The lowest BCUT2D eigenvalue weighted by Gasteiger charge is -2.03. The van der Waals surface area contributed by atoms with Crippen LogP contribution in [0, 0.1) is 0 Å². The largest absolute Gasteiger partial charge is 0.383 e. The Morgan fingerprint density at radius 1 is 1.58 bits per heavy atom. The van der Waals surface area contributed by atoms with Gasteiger partial charge in [-0.2, -0.15) is 0 Å². The van der Waals surface area contributed by atoms with E-state index in [4.69, 9.17) is 4.74 Å². The lowest BCUT2D eigenvalue weighted by molar-refractivity contribution is 0.211. The van der Waals surface area contributed by atoms with E-state index in [2.05, 4.69) is 26.2 Å². The molecule has 1 aromatic rings. The average molecular weight is 231 g/mol. The summed E-state index contributed by atoms with van der Waals surface area (Å²) in [7, 11) is 1.68. The van der Waals surface area contributed by atoms with E-state index in [0.29, 0.717) is 6.61 Å². The molecule has 0 amide bonds. The van der Waals surface area contributed by atoms with Gasteiger partial charge in [0.25, 0.3) is 0 Å². The second kappa shape index (κ2) is 5.11. The van der Waals surface area contributed by atoms with Crippen LogP contribution in [0.25, 0.3) is 0 Å². The van der Waals surface area contributed by atoms with Gasteiger partial charge in [-0.3, -0.25) is 0 Å². The SMILES string of the molecule is COCCNc1ccc(Br)nc1. The van der Waals surface area contributed by atoms with Gasteiger partial charge in [0.05, 0.1) is 18.5 Å². The Kier molecular flexibility index (Phi) is 4.04. The van der Waals surface area contributed by atoms with E-state index in [-0.39, 0.29) is 0 Å². The van der Waals surface area contributed by atoms with Crippen LogP contribution in [0.15, 0.2) is 22.9 Å². The summed E-state index contributed by atoms with van der Waals surface area (Å²) in [6.45, 7) is 1.51. The molecule has 1 rings (SSSR count). The summed E-state index contributed by atoms with van der Waals surface area (Å²) in [5, 5.41) is 3.16. The van der Waals surface area contributed by atoms with E-state index in [9.17, 15) is 0 Å². The summed E-state index contributed by atoms with van der Waals surface area (Å²) in [5.41, 5.74) is 1.01. The van der Waals surface area contributed by atoms with E-state index in [1.807, 2.05) is 12.1 Å². The molecular formula is C8H11BrN2O. The minimum absolute atomic E-state index is 0.704. The first-order valence-electron chi connectivity index (χ1n) is 3.67. The van der Waals surface area contributed by atoms with Crippen molar-refractivity contribution < 1.29 is 4.74 Å². The van der Waals surface area contributed by atoms with Gasteiger partial charge in [-0.05, 0) is 28.1 Å². The Morgan fingerprint density at radius 2 is 2.42 bits per heavy atom. The normalized spacial score (nSPS) is 9.83. The van der Waals surface area contributed by atoms with Gasteiger partial charge in [0.15, 0.2) is 0 Å². The van der Waals surface area contributed by atoms with E-state index >= 15 is 0 Å². The van der Waals surface area contributed by atoms with Crippen LogP contribution in [0.4, 0.5) is 5.69 Å². The zero-order chi connectivity index (χ0) is 8.81. The highest BCUT2D eigenvalue weighted by Crippen LogP contribution is 2.09. The van der Waals surface area contributed by atoms with Crippen molar-refractivity contribution >= 4 is 21.6 Å². The predicted molar refractivity (Wildman–Crippen MR) is 52.3 cm³/mol. The number of rotatable bonds is 4. The fourth-order valence-corrected chi connectivity index (χ4v) is 1.01. The molecule has 1 N–H and O–H groups in total. The number of pyridine rings is 1. The number of halogens is 1. The molecule has 0 bridgehead atoms. The molecule has 0 saturated heterocycles. The minimum atomic E-state index is 0.704. The molecule has 0 aromatic carbocycles. The van der Waals surface area contributed by atoms with Gasteiger partial charge >= 0.3 is 0 Å². The van der Waals surface area contributed by atoms with E-state index in [1.165, 1.54) is 0 Å². The summed E-state index contributed by atoms with van der Waals surface area (Å²) in [6, 6.07) is 3.86. The number of aromatic nitrogens is 1. The Labute approximate surface area is 80.3 Å².